The number of carbonyl (C=O) groups is 1. The summed E-state index contributed by atoms with van der Waals surface area (Å²) in [6.07, 6.45) is 0. The predicted octanol–water partition coefficient (Wildman–Crippen LogP) is 3.91. The highest BCUT2D eigenvalue weighted by Crippen LogP contribution is 2.21. The maximum absolute atomic E-state index is 12.1. The molecular formula is C20H22ClN3O2S. The lowest BCUT2D eigenvalue weighted by molar-refractivity contribution is 0.0943. The molecule has 0 saturated carbocycles. The van der Waals surface area contributed by atoms with E-state index in [-0.39, 0.29) is 5.91 Å². The standard InChI is InChI=1S/C20H22ClN3O2S/c1-13(2)11-22-20(27)24-23-19(25)16-6-4-15(5-7-16)12-26-17-8-9-18(21)14(3)10-17/h4-10H,1,11-12H2,2-3H3,(H,23,25)(H2,22,24,27). The Morgan fingerprint density at radius 1 is 1.19 bits per heavy atom. The minimum absolute atomic E-state index is 0.282. The largest absolute Gasteiger partial charge is 0.489 e. The van der Waals surface area contributed by atoms with E-state index in [0.29, 0.717) is 28.9 Å². The Labute approximate surface area is 169 Å². The molecule has 27 heavy (non-hydrogen) atoms. The molecule has 0 saturated heterocycles. The van der Waals surface area contributed by atoms with Crippen molar-refractivity contribution in [3.05, 3.63) is 76.3 Å². The lowest BCUT2D eigenvalue weighted by Crippen LogP contribution is -2.47. The second-order valence-electron chi connectivity index (χ2n) is 6.12. The van der Waals surface area contributed by atoms with Gasteiger partial charge < -0.3 is 10.1 Å². The fourth-order valence-corrected chi connectivity index (χ4v) is 2.33. The molecule has 2 rings (SSSR count). The average molecular weight is 404 g/mol. The summed E-state index contributed by atoms with van der Waals surface area (Å²) in [7, 11) is 0. The Morgan fingerprint density at radius 3 is 2.52 bits per heavy atom. The maximum atomic E-state index is 12.1. The molecule has 0 aliphatic heterocycles. The van der Waals surface area contributed by atoms with Crippen molar-refractivity contribution < 1.29 is 9.53 Å². The zero-order valence-electron chi connectivity index (χ0n) is 15.3. The van der Waals surface area contributed by atoms with Crippen LogP contribution < -0.4 is 20.9 Å². The van der Waals surface area contributed by atoms with Gasteiger partial charge in [-0.25, -0.2) is 0 Å². The van der Waals surface area contributed by atoms with Gasteiger partial charge in [0.2, 0.25) is 0 Å². The smallest absolute Gasteiger partial charge is 0.269 e. The highest BCUT2D eigenvalue weighted by atomic mass is 35.5. The van der Waals surface area contributed by atoms with Crippen molar-refractivity contribution in [3.8, 4) is 5.75 Å². The fourth-order valence-electron chi connectivity index (χ4n) is 2.09. The molecule has 5 nitrogen and oxygen atoms in total. The predicted molar refractivity (Wildman–Crippen MR) is 113 cm³/mol. The summed E-state index contributed by atoms with van der Waals surface area (Å²) in [5, 5.41) is 3.96. The van der Waals surface area contributed by atoms with Gasteiger partial charge in [-0.15, -0.1) is 0 Å². The number of amides is 1. The summed E-state index contributed by atoms with van der Waals surface area (Å²) < 4.78 is 5.75. The van der Waals surface area contributed by atoms with E-state index in [1.54, 1.807) is 12.1 Å². The number of benzene rings is 2. The molecule has 0 fully saturated rings. The van der Waals surface area contributed by atoms with Crippen molar-refractivity contribution in [2.75, 3.05) is 6.54 Å². The topological polar surface area (TPSA) is 62.4 Å². The SMILES string of the molecule is C=C(C)CNC(=S)NNC(=O)c1ccc(COc2ccc(Cl)c(C)c2)cc1. The quantitative estimate of drug-likeness (QED) is 0.387. The lowest BCUT2D eigenvalue weighted by atomic mass is 10.1. The number of carbonyl (C=O) groups excluding carboxylic acids is 1. The third kappa shape index (κ3) is 6.92. The number of hydrogen-bond donors (Lipinski definition) is 3. The first kappa shape index (κ1) is 20.7. The molecule has 0 aliphatic rings. The number of ether oxygens (including phenoxy) is 1. The van der Waals surface area contributed by atoms with E-state index in [4.69, 9.17) is 28.6 Å². The first-order valence-electron chi connectivity index (χ1n) is 8.31. The van der Waals surface area contributed by atoms with E-state index in [0.717, 1.165) is 22.4 Å². The van der Waals surface area contributed by atoms with Crippen molar-refractivity contribution >= 4 is 34.8 Å². The first-order chi connectivity index (χ1) is 12.8. The highest BCUT2D eigenvalue weighted by molar-refractivity contribution is 7.80. The molecule has 0 spiro atoms. The number of nitrogens with one attached hydrogen (secondary N) is 3. The lowest BCUT2D eigenvalue weighted by Gasteiger charge is -2.12. The summed E-state index contributed by atoms with van der Waals surface area (Å²) in [5.41, 5.74) is 8.56. The van der Waals surface area contributed by atoms with E-state index in [2.05, 4.69) is 22.7 Å². The van der Waals surface area contributed by atoms with Crippen LogP contribution in [-0.2, 0) is 6.61 Å². The Kier molecular flexibility index (Phi) is 7.64. The maximum Gasteiger partial charge on any atom is 0.269 e. The number of thiocarbonyl (C=S) groups is 1. The third-order valence-electron chi connectivity index (χ3n) is 3.59. The van der Waals surface area contributed by atoms with Crippen LogP contribution in [0.5, 0.6) is 5.75 Å². The second kappa shape index (κ2) is 9.94. The third-order valence-corrected chi connectivity index (χ3v) is 4.26. The number of hydrogen-bond acceptors (Lipinski definition) is 3. The van der Waals surface area contributed by atoms with E-state index < -0.39 is 0 Å². The molecule has 0 radical (unpaired) electrons. The van der Waals surface area contributed by atoms with Crippen LogP contribution in [0.15, 0.2) is 54.6 Å². The van der Waals surface area contributed by atoms with E-state index in [1.165, 1.54) is 0 Å². The van der Waals surface area contributed by atoms with Gasteiger partial charge in [0, 0.05) is 17.1 Å². The van der Waals surface area contributed by atoms with Crippen LogP contribution in [0.4, 0.5) is 0 Å². The molecule has 0 aromatic heterocycles. The molecule has 0 unspecified atom stereocenters. The monoisotopic (exact) mass is 403 g/mol. The van der Waals surface area contributed by atoms with E-state index >= 15 is 0 Å². The van der Waals surface area contributed by atoms with Gasteiger partial charge in [-0.05, 0) is 67.5 Å². The van der Waals surface area contributed by atoms with Gasteiger partial charge in [0.05, 0.1) is 0 Å². The molecule has 3 N–H and O–H groups in total. The van der Waals surface area contributed by atoms with Crippen LogP contribution >= 0.6 is 23.8 Å². The molecule has 2 aromatic carbocycles. The minimum Gasteiger partial charge on any atom is -0.489 e. The Hall–Kier alpha value is -2.57. The van der Waals surface area contributed by atoms with Crippen molar-refractivity contribution in [1.82, 2.24) is 16.2 Å². The summed E-state index contributed by atoms with van der Waals surface area (Å²) in [4.78, 5) is 12.1. The molecule has 0 bridgehead atoms. The van der Waals surface area contributed by atoms with Gasteiger partial charge in [-0.1, -0.05) is 35.9 Å². The van der Waals surface area contributed by atoms with E-state index in [1.807, 2.05) is 44.2 Å². The molecule has 7 heteroatoms. The van der Waals surface area contributed by atoms with Crippen molar-refractivity contribution in [1.29, 1.82) is 0 Å². The zero-order chi connectivity index (χ0) is 19.8. The average Bonchev–Trinajstić information content (AvgIpc) is 2.65. The van der Waals surface area contributed by atoms with Crippen LogP contribution in [0.25, 0.3) is 0 Å². The number of rotatable bonds is 6. The van der Waals surface area contributed by atoms with Crippen molar-refractivity contribution in [3.63, 3.8) is 0 Å². The molecule has 1 amide bonds. The molecular weight excluding hydrogens is 382 g/mol. The fraction of sp³-hybridized carbons (Fsp3) is 0.200. The zero-order valence-corrected chi connectivity index (χ0v) is 16.8. The van der Waals surface area contributed by atoms with Gasteiger partial charge >= 0.3 is 0 Å². The van der Waals surface area contributed by atoms with Crippen LogP contribution in [-0.4, -0.2) is 17.6 Å². The Balaban J connectivity index is 1.83. The van der Waals surface area contributed by atoms with Gasteiger partial charge in [-0.3, -0.25) is 15.6 Å². The molecule has 0 aliphatic carbocycles. The number of halogens is 1. The summed E-state index contributed by atoms with van der Waals surface area (Å²) in [5.74, 6) is 0.467. The first-order valence-corrected chi connectivity index (χ1v) is 9.10. The van der Waals surface area contributed by atoms with E-state index in [9.17, 15) is 4.79 Å². The normalized spacial score (nSPS) is 10.0. The summed E-state index contributed by atoms with van der Waals surface area (Å²) >= 11 is 11.1. The summed E-state index contributed by atoms with van der Waals surface area (Å²) in [6.45, 7) is 8.52. The van der Waals surface area contributed by atoms with Crippen LogP contribution in [0.2, 0.25) is 5.02 Å². The Morgan fingerprint density at radius 2 is 1.89 bits per heavy atom. The van der Waals surface area contributed by atoms with Gasteiger partial charge in [-0.2, -0.15) is 0 Å². The van der Waals surface area contributed by atoms with Crippen LogP contribution in [0.3, 0.4) is 0 Å². The second-order valence-corrected chi connectivity index (χ2v) is 6.93. The highest BCUT2D eigenvalue weighted by Gasteiger charge is 2.06. The molecule has 0 atom stereocenters. The van der Waals surface area contributed by atoms with Gasteiger partial charge in [0.1, 0.15) is 12.4 Å². The molecule has 0 heterocycles. The number of hydrazine groups is 1. The van der Waals surface area contributed by atoms with Crippen LogP contribution in [0.1, 0.15) is 28.4 Å². The van der Waals surface area contributed by atoms with Crippen molar-refractivity contribution in [2.24, 2.45) is 0 Å². The van der Waals surface area contributed by atoms with Gasteiger partial charge in [0.25, 0.3) is 5.91 Å². The summed E-state index contributed by atoms with van der Waals surface area (Å²) in [6, 6.07) is 12.7. The van der Waals surface area contributed by atoms with Gasteiger partial charge in [0.15, 0.2) is 5.11 Å². The minimum atomic E-state index is -0.282. The molecule has 2 aromatic rings. The van der Waals surface area contributed by atoms with Crippen LogP contribution in [0, 0.1) is 6.92 Å². The molecule has 142 valence electrons. The Bertz CT molecular complexity index is 838. The number of aryl methyl sites for hydroxylation is 1. The van der Waals surface area contributed by atoms with Crippen molar-refractivity contribution in [2.45, 2.75) is 20.5 Å².